The van der Waals surface area contributed by atoms with Gasteiger partial charge in [0.15, 0.2) is 0 Å². The Labute approximate surface area is 179 Å². The smallest absolute Gasteiger partial charge is 0.335 e. The Morgan fingerprint density at radius 3 is 2.50 bits per heavy atom. The molecule has 1 N–H and O–H groups in total. The van der Waals surface area contributed by atoms with Gasteiger partial charge in [0.1, 0.15) is 12.4 Å². The Bertz CT molecular complexity index is 1190. The molecule has 0 radical (unpaired) electrons. The summed E-state index contributed by atoms with van der Waals surface area (Å²) in [5, 5.41) is 9.85. The fourth-order valence-electron chi connectivity index (χ4n) is 3.28. The van der Waals surface area contributed by atoms with Crippen molar-refractivity contribution in [2.75, 3.05) is 0 Å². The van der Waals surface area contributed by atoms with Crippen molar-refractivity contribution < 1.29 is 14.6 Å². The number of carbonyl (C=O) groups is 1. The molecule has 0 aliphatic carbocycles. The van der Waals surface area contributed by atoms with Gasteiger partial charge in [-0.25, -0.2) is 4.79 Å². The molecule has 0 aliphatic rings. The van der Waals surface area contributed by atoms with Crippen molar-refractivity contribution in [3.63, 3.8) is 0 Å². The molecule has 0 aliphatic heterocycles. The second-order valence-electron chi connectivity index (χ2n) is 6.70. The number of halogens is 1. The molecule has 4 aromatic rings. The van der Waals surface area contributed by atoms with Crippen LogP contribution in [0.1, 0.15) is 15.9 Å². The molecule has 0 spiro atoms. The summed E-state index contributed by atoms with van der Waals surface area (Å²) in [5.41, 5.74) is 4.48. The standard InChI is InChI=1S/C25H18ClNO3/c26-23-11-5-10-21(24(23)30-16-17-6-2-1-3-7-17)20-12-13-27-15-22(20)18-8-4-9-19(14-18)25(28)29/h1-15H,16H2,(H,28,29). The van der Waals surface area contributed by atoms with Crippen LogP contribution >= 0.6 is 11.6 Å². The average molecular weight is 416 g/mol. The van der Waals surface area contributed by atoms with Crippen molar-refractivity contribution in [1.29, 1.82) is 0 Å². The van der Waals surface area contributed by atoms with Crippen LogP contribution in [0.3, 0.4) is 0 Å². The zero-order valence-electron chi connectivity index (χ0n) is 16.0. The first-order valence-electron chi connectivity index (χ1n) is 9.37. The van der Waals surface area contributed by atoms with Crippen LogP contribution in [-0.2, 0) is 6.61 Å². The highest BCUT2D eigenvalue weighted by atomic mass is 35.5. The molecule has 0 saturated heterocycles. The highest BCUT2D eigenvalue weighted by Crippen LogP contribution is 2.41. The molecule has 0 saturated carbocycles. The fraction of sp³-hybridized carbons (Fsp3) is 0.0400. The van der Waals surface area contributed by atoms with E-state index in [0.717, 1.165) is 27.8 Å². The van der Waals surface area contributed by atoms with Crippen molar-refractivity contribution in [1.82, 2.24) is 4.98 Å². The van der Waals surface area contributed by atoms with Crippen molar-refractivity contribution in [2.24, 2.45) is 0 Å². The van der Waals surface area contributed by atoms with E-state index in [2.05, 4.69) is 4.98 Å². The molecule has 0 amide bonds. The first-order valence-corrected chi connectivity index (χ1v) is 9.74. The van der Waals surface area contributed by atoms with Crippen molar-refractivity contribution in [2.45, 2.75) is 6.61 Å². The van der Waals surface area contributed by atoms with Crippen molar-refractivity contribution in [3.8, 4) is 28.0 Å². The van der Waals surface area contributed by atoms with Crippen LogP contribution in [0.4, 0.5) is 0 Å². The quantitative estimate of drug-likeness (QED) is 0.398. The summed E-state index contributed by atoms with van der Waals surface area (Å²) < 4.78 is 6.11. The minimum atomic E-state index is -0.975. The number of rotatable bonds is 6. The largest absolute Gasteiger partial charge is 0.487 e. The number of carboxylic acid groups (broad SMARTS) is 1. The second kappa shape index (κ2) is 8.80. The number of aromatic carboxylic acids is 1. The first-order chi connectivity index (χ1) is 14.6. The lowest BCUT2D eigenvalue weighted by atomic mass is 9.95. The lowest BCUT2D eigenvalue weighted by molar-refractivity contribution is 0.0697. The number of hydrogen-bond donors (Lipinski definition) is 1. The van der Waals surface area contributed by atoms with E-state index in [1.165, 1.54) is 0 Å². The molecular weight excluding hydrogens is 398 g/mol. The van der Waals surface area contributed by atoms with Crippen LogP contribution in [0.25, 0.3) is 22.3 Å². The highest BCUT2D eigenvalue weighted by Gasteiger charge is 2.16. The molecular formula is C25H18ClNO3. The highest BCUT2D eigenvalue weighted by molar-refractivity contribution is 6.32. The fourth-order valence-corrected chi connectivity index (χ4v) is 3.51. The Morgan fingerprint density at radius 1 is 0.900 bits per heavy atom. The Kier molecular flexibility index (Phi) is 5.77. The maximum absolute atomic E-state index is 11.4. The number of benzene rings is 3. The number of carboxylic acids is 1. The minimum absolute atomic E-state index is 0.217. The van der Waals surface area contributed by atoms with E-state index in [9.17, 15) is 9.90 Å². The van der Waals surface area contributed by atoms with E-state index < -0.39 is 5.97 Å². The van der Waals surface area contributed by atoms with Gasteiger partial charge in [0, 0.05) is 23.5 Å². The SMILES string of the molecule is O=C(O)c1cccc(-c2cnccc2-c2cccc(Cl)c2OCc2ccccc2)c1. The first kappa shape index (κ1) is 19.7. The zero-order valence-corrected chi connectivity index (χ0v) is 16.7. The maximum atomic E-state index is 11.4. The lowest BCUT2D eigenvalue weighted by Gasteiger charge is -2.16. The van der Waals surface area contributed by atoms with E-state index in [1.807, 2.05) is 54.6 Å². The van der Waals surface area contributed by atoms with Gasteiger partial charge in [0.05, 0.1) is 10.6 Å². The van der Waals surface area contributed by atoms with Crippen LogP contribution in [-0.4, -0.2) is 16.1 Å². The van der Waals surface area contributed by atoms with E-state index in [1.54, 1.807) is 36.7 Å². The molecule has 30 heavy (non-hydrogen) atoms. The molecule has 4 rings (SSSR count). The van der Waals surface area contributed by atoms with Gasteiger partial charge in [-0.15, -0.1) is 0 Å². The molecule has 3 aromatic carbocycles. The van der Waals surface area contributed by atoms with E-state index in [0.29, 0.717) is 17.4 Å². The third kappa shape index (κ3) is 4.19. The third-order valence-electron chi connectivity index (χ3n) is 4.72. The van der Waals surface area contributed by atoms with E-state index >= 15 is 0 Å². The molecule has 0 fully saturated rings. The number of aromatic nitrogens is 1. The molecule has 5 heteroatoms. The minimum Gasteiger partial charge on any atom is -0.487 e. The predicted octanol–water partition coefficient (Wildman–Crippen LogP) is 6.35. The maximum Gasteiger partial charge on any atom is 0.335 e. The summed E-state index contributed by atoms with van der Waals surface area (Å²) in [7, 11) is 0. The normalized spacial score (nSPS) is 10.6. The molecule has 1 aromatic heterocycles. The molecule has 148 valence electrons. The predicted molar refractivity (Wildman–Crippen MR) is 118 cm³/mol. The van der Waals surface area contributed by atoms with Gasteiger partial charge in [-0.2, -0.15) is 0 Å². The third-order valence-corrected chi connectivity index (χ3v) is 5.02. The van der Waals surface area contributed by atoms with E-state index in [-0.39, 0.29) is 5.56 Å². The van der Waals surface area contributed by atoms with E-state index in [4.69, 9.17) is 16.3 Å². The lowest BCUT2D eigenvalue weighted by Crippen LogP contribution is -1.99. The number of nitrogens with zero attached hydrogens (tertiary/aromatic N) is 1. The monoisotopic (exact) mass is 415 g/mol. The summed E-state index contributed by atoms with van der Waals surface area (Å²) in [6.45, 7) is 0.381. The molecule has 1 heterocycles. The van der Waals surface area contributed by atoms with Gasteiger partial charge < -0.3 is 9.84 Å². The molecule has 0 atom stereocenters. The number of pyridine rings is 1. The van der Waals surface area contributed by atoms with Crippen LogP contribution in [0.5, 0.6) is 5.75 Å². The van der Waals surface area contributed by atoms with Gasteiger partial charge in [0.2, 0.25) is 0 Å². The van der Waals surface area contributed by atoms with Gasteiger partial charge in [-0.1, -0.05) is 66.2 Å². The van der Waals surface area contributed by atoms with Crippen LogP contribution in [0, 0.1) is 0 Å². The molecule has 4 nitrogen and oxygen atoms in total. The summed E-state index contributed by atoms with van der Waals surface area (Å²) >= 11 is 6.49. The van der Waals surface area contributed by atoms with Gasteiger partial charge in [-0.3, -0.25) is 4.98 Å². The van der Waals surface area contributed by atoms with Crippen molar-refractivity contribution >= 4 is 17.6 Å². The average Bonchev–Trinajstić information content (AvgIpc) is 2.79. The summed E-state index contributed by atoms with van der Waals surface area (Å²) in [6.07, 6.45) is 3.42. The Morgan fingerprint density at radius 2 is 1.70 bits per heavy atom. The number of hydrogen-bond acceptors (Lipinski definition) is 3. The van der Waals surface area contributed by atoms with Crippen LogP contribution in [0.15, 0.2) is 91.3 Å². The number of ether oxygens (including phenoxy) is 1. The zero-order chi connectivity index (χ0) is 20.9. The van der Waals surface area contributed by atoms with Crippen LogP contribution < -0.4 is 4.74 Å². The molecule has 0 bridgehead atoms. The second-order valence-corrected chi connectivity index (χ2v) is 7.11. The topological polar surface area (TPSA) is 59.4 Å². The van der Waals surface area contributed by atoms with Gasteiger partial charge in [-0.05, 0) is 41.0 Å². The van der Waals surface area contributed by atoms with Gasteiger partial charge >= 0.3 is 5.97 Å². The summed E-state index contributed by atoms with van der Waals surface area (Å²) in [4.78, 5) is 15.7. The Balaban J connectivity index is 1.78. The van der Waals surface area contributed by atoms with Gasteiger partial charge in [0.25, 0.3) is 0 Å². The summed E-state index contributed by atoms with van der Waals surface area (Å²) in [5.74, 6) is -0.401. The number of para-hydroxylation sites is 1. The summed E-state index contributed by atoms with van der Waals surface area (Å²) in [6, 6.07) is 24.1. The van der Waals surface area contributed by atoms with Crippen LogP contribution in [0.2, 0.25) is 5.02 Å². The Hall–Kier alpha value is -3.63. The molecule has 0 unspecified atom stereocenters. The van der Waals surface area contributed by atoms with Crippen molar-refractivity contribution in [3.05, 3.63) is 107 Å².